The number of hydrogen-bond donors (Lipinski definition) is 1. The zero-order chi connectivity index (χ0) is 19.0. The molecule has 146 valence electrons. The molecule has 2 aromatic heterocycles. The second-order valence-corrected chi connectivity index (χ2v) is 7.18. The van der Waals surface area contributed by atoms with Crippen LogP contribution in [-0.4, -0.2) is 26.3 Å². The molecule has 0 fully saturated rings. The van der Waals surface area contributed by atoms with E-state index in [2.05, 4.69) is 31.1 Å². The monoisotopic (exact) mass is 377 g/mol. The van der Waals surface area contributed by atoms with Gasteiger partial charge in [0, 0.05) is 56.0 Å². The zero-order valence-electron chi connectivity index (χ0n) is 16.2. The van der Waals surface area contributed by atoms with Gasteiger partial charge in [-0.2, -0.15) is 0 Å². The van der Waals surface area contributed by atoms with Crippen molar-refractivity contribution in [2.45, 2.75) is 51.8 Å². The highest BCUT2D eigenvalue weighted by molar-refractivity contribution is 5.33. The van der Waals surface area contributed by atoms with Gasteiger partial charge in [-0.3, -0.25) is 4.98 Å². The fourth-order valence-electron chi connectivity index (χ4n) is 3.59. The first-order valence-electron chi connectivity index (χ1n) is 10.1. The van der Waals surface area contributed by atoms with Crippen LogP contribution in [0.2, 0.25) is 0 Å². The molecule has 0 unspecified atom stereocenters. The van der Waals surface area contributed by atoms with Crippen LogP contribution in [-0.2, 0) is 32.5 Å². The van der Waals surface area contributed by atoms with Gasteiger partial charge in [-0.25, -0.2) is 0 Å². The maximum atomic E-state index is 6.01. The van der Waals surface area contributed by atoms with Crippen molar-refractivity contribution in [1.29, 1.82) is 0 Å². The van der Waals surface area contributed by atoms with Gasteiger partial charge in [-0.1, -0.05) is 30.7 Å². The van der Waals surface area contributed by atoms with E-state index in [1.165, 1.54) is 19.3 Å². The first-order chi connectivity index (χ1) is 13.9. The van der Waals surface area contributed by atoms with Crippen molar-refractivity contribution in [1.82, 2.24) is 25.1 Å². The molecule has 0 radical (unpaired) electrons. The predicted molar refractivity (Wildman–Crippen MR) is 108 cm³/mol. The van der Waals surface area contributed by atoms with Crippen LogP contribution in [0, 0.1) is 0 Å². The molecule has 6 nitrogen and oxygen atoms in total. The Morgan fingerprint density at radius 3 is 2.93 bits per heavy atom. The van der Waals surface area contributed by atoms with Crippen LogP contribution >= 0.6 is 0 Å². The molecular formula is C22H27N5O. The average molecular weight is 377 g/mol. The van der Waals surface area contributed by atoms with Gasteiger partial charge in [0.25, 0.3) is 0 Å². The summed E-state index contributed by atoms with van der Waals surface area (Å²) in [5.74, 6) is 3.17. The molecule has 6 heteroatoms. The summed E-state index contributed by atoms with van der Waals surface area (Å²) in [6.45, 7) is 3.22. The van der Waals surface area contributed by atoms with Crippen LogP contribution in [0.3, 0.4) is 0 Å². The van der Waals surface area contributed by atoms with Gasteiger partial charge in [0.15, 0.2) is 0 Å². The Labute approximate surface area is 166 Å². The summed E-state index contributed by atoms with van der Waals surface area (Å²) in [6, 6.07) is 12.1. The van der Waals surface area contributed by atoms with Crippen LogP contribution in [0.5, 0.6) is 5.75 Å². The molecule has 1 aliphatic heterocycles. The topological polar surface area (TPSA) is 64.9 Å². The molecule has 28 heavy (non-hydrogen) atoms. The van der Waals surface area contributed by atoms with Gasteiger partial charge in [0.05, 0.1) is 0 Å². The largest absolute Gasteiger partial charge is 0.489 e. The van der Waals surface area contributed by atoms with Crippen LogP contribution in [0.4, 0.5) is 0 Å². The summed E-state index contributed by atoms with van der Waals surface area (Å²) in [4.78, 5) is 4.14. The molecule has 1 aromatic carbocycles. The fourth-order valence-corrected chi connectivity index (χ4v) is 3.59. The van der Waals surface area contributed by atoms with Gasteiger partial charge in [-0.15, -0.1) is 10.2 Å². The Morgan fingerprint density at radius 2 is 2.00 bits per heavy atom. The van der Waals surface area contributed by atoms with E-state index in [0.29, 0.717) is 6.61 Å². The number of ether oxygens (including phenoxy) is 1. The standard InChI is InChI=1S/C22H27N5O/c1-2-10-21-25-26-22(27(21)14-5-1)11-13-24-16-19-8-3-4-9-20(19)28-17-18-7-6-12-23-15-18/h3-4,6-9,12,15,24H,1-2,5,10-11,13-14,16-17H2. The van der Waals surface area contributed by atoms with E-state index in [0.717, 1.165) is 61.0 Å². The highest BCUT2D eigenvalue weighted by atomic mass is 16.5. The van der Waals surface area contributed by atoms with E-state index in [-0.39, 0.29) is 0 Å². The number of rotatable bonds is 8. The summed E-state index contributed by atoms with van der Waals surface area (Å²) in [7, 11) is 0. The van der Waals surface area contributed by atoms with E-state index < -0.39 is 0 Å². The van der Waals surface area contributed by atoms with Crippen LogP contribution in [0.15, 0.2) is 48.8 Å². The SMILES string of the molecule is c1cncc(COc2ccccc2CNCCc2nnc3n2CCCCC3)c1. The van der Waals surface area contributed by atoms with E-state index in [1.807, 2.05) is 36.5 Å². The third-order valence-electron chi connectivity index (χ3n) is 5.12. The van der Waals surface area contributed by atoms with Crippen molar-refractivity contribution in [3.63, 3.8) is 0 Å². The van der Waals surface area contributed by atoms with Crippen LogP contribution in [0.25, 0.3) is 0 Å². The molecule has 1 aliphatic rings. The number of para-hydroxylation sites is 1. The van der Waals surface area contributed by atoms with Crippen molar-refractivity contribution >= 4 is 0 Å². The molecule has 0 bridgehead atoms. The summed E-state index contributed by atoms with van der Waals surface area (Å²) in [5, 5.41) is 12.3. The van der Waals surface area contributed by atoms with Crippen molar-refractivity contribution in [2.24, 2.45) is 0 Å². The maximum absolute atomic E-state index is 6.01. The van der Waals surface area contributed by atoms with Crippen molar-refractivity contribution in [3.05, 3.63) is 71.6 Å². The second kappa shape index (κ2) is 9.46. The number of benzene rings is 1. The smallest absolute Gasteiger partial charge is 0.134 e. The van der Waals surface area contributed by atoms with Crippen LogP contribution in [0.1, 0.15) is 42.0 Å². The molecule has 0 spiro atoms. The highest BCUT2D eigenvalue weighted by Crippen LogP contribution is 2.19. The van der Waals surface area contributed by atoms with Crippen molar-refractivity contribution in [2.75, 3.05) is 6.54 Å². The Bertz CT molecular complexity index is 878. The quantitative estimate of drug-likeness (QED) is 0.610. The lowest BCUT2D eigenvalue weighted by atomic mass is 10.2. The number of aromatic nitrogens is 4. The van der Waals surface area contributed by atoms with Gasteiger partial charge >= 0.3 is 0 Å². The zero-order valence-corrected chi connectivity index (χ0v) is 16.2. The molecule has 0 amide bonds. The summed E-state index contributed by atoms with van der Waals surface area (Å²) in [6.07, 6.45) is 9.31. The number of nitrogens with one attached hydrogen (secondary N) is 1. The van der Waals surface area contributed by atoms with Gasteiger partial charge < -0.3 is 14.6 Å². The Hall–Kier alpha value is -2.73. The number of pyridine rings is 1. The third-order valence-corrected chi connectivity index (χ3v) is 5.12. The van der Waals surface area contributed by atoms with Gasteiger partial charge in [0.1, 0.15) is 24.0 Å². The lowest BCUT2D eigenvalue weighted by Crippen LogP contribution is -2.19. The predicted octanol–water partition coefficient (Wildman–Crippen LogP) is 3.31. The van der Waals surface area contributed by atoms with E-state index in [9.17, 15) is 0 Å². The Balaban J connectivity index is 1.29. The molecule has 0 aliphatic carbocycles. The third kappa shape index (κ3) is 4.75. The van der Waals surface area contributed by atoms with Gasteiger partial charge in [0.2, 0.25) is 0 Å². The number of nitrogens with zero attached hydrogens (tertiary/aromatic N) is 4. The lowest BCUT2D eigenvalue weighted by Gasteiger charge is -2.12. The summed E-state index contributed by atoms with van der Waals surface area (Å²) in [5.41, 5.74) is 2.23. The molecule has 1 N–H and O–H groups in total. The number of aryl methyl sites for hydroxylation is 1. The molecule has 0 atom stereocenters. The molecule has 4 rings (SSSR count). The van der Waals surface area contributed by atoms with E-state index in [1.54, 1.807) is 6.20 Å². The molecule has 0 saturated heterocycles. The minimum atomic E-state index is 0.525. The fraction of sp³-hybridized carbons (Fsp3) is 0.409. The van der Waals surface area contributed by atoms with Crippen molar-refractivity contribution in [3.8, 4) is 5.75 Å². The van der Waals surface area contributed by atoms with E-state index >= 15 is 0 Å². The second-order valence-electron chi connectivity index (χ2n) is 7.18. The molecule has 0 saturated carbocycles. The molecular weight excluding hydrogens is 350 g/mol. The van der Waals surface area contributed by atoms with Gasteiger partial charge in [-0.05, 0) is 25.0 Å². The number of hydrogen-bond acceptors (Lipinski definition) is 5. The minimum Gasteiger partial charge on any atom is -0.489 e. The maximum Gasteiger partial charge on any atom is 0.134 e. The average Bonchev–Trinajstić information content (AvgIpc) is 2.97. The normalized spacial score (nSPS) is 13.7. The summed E-state index contributed by atoms with van der Waals surface area (Å²) < 4.78 is 8.33. The lowest BCUT2D eigenvalue weighted by molar-refractivity contribution is 0.301. The molecule has 3 heterocycles. The highest BCUT2D eigenvalue weighted by Gasteiger charge is 2.14. The Kier molecular flexibility index (Phi) is 6.29. The van der Waals surface area contributed by atoms with Crippen LogP contribution < -0.4 is 10.1 Å². The van der Waals surface area contributed by atoms with E-state index in [4.69, 9.17) is 4.74 Å². The first-order valence-corrected chi connectivity index (χ1v) is 10.1. The summed E-state index contributed by atoms with van der Waals surface area (Å²) >= 11 is 0. The first kappa shape index (κ1) is 18.6. The Morgan fingerprint density at radius 1 is 1.04 bits per heavy atom. The van der Waals surface area contributed by atoms with Crippen molar-refractivity contribution < 1.29 is 4.74 Å². The molecule has 3 aromatic rings. The minimum absolute atomic E-state index is 0.525. The number of fused-ring (bicyclic) bond motifs is 1.